The molecule has 0 aliphatic rings. The van der Waals surface area contributed by atoms with Crippen LogP contribution in [0.1, 0.15) is 26.5 Å². The van der Waals surface area contributed by atoms with Crippen molar-refractivity contribution in [3.05, 3.63) is 36.0 Å². The zero-order valence-corrected chi connectivity index (χ0v) is 11.2. The molecule has 0 aliphatic heterocycles. The molecule has 0 fully saturated rings. The molecule has 0 bridgehead atoms. The van der Waals surface area contributed by atoms with Gasteiger partial charge < -0.3 is 10.0 Å². The molecular formula is C15H20N2O. The van der Waals surface area contributed by atoms with Crippen molar-refractivity contribution in [3.8, 4) is 0 Å². The Morgan fingerprint density at radius 1 is 1.28 bits per heavy atom. The predicted octanol–water partition coefficient (Wildman–Crippen LogP) is 2.96. The van der Waals surface area contributed by atoms with Crippen molar-refractivity contribution in [2.45, 2.75) is 33.4 Å². The standard InChI is InChI=1S/C15H20N2O/c1-4-17(11(2)3)15-14-8-6-5-7-12(14)9-13(10-18)16-15/h5-9,11,18H,4,10H2,1-3H3. The van der Waals surface area contributed by atoms with Gasteiger partial charge in [0.2, 0.25) is 0 Å². The number of aliphatic hydroxyl groups is 1. The number of pyridine rings is 1. The van der Waals surface area contributed by atoms with E-state index in [1.54, 1.807) is 0 Å². The van der Waals surface area contributed by atoms with Gasteiger partial charge >= 0.3 is 0 Å². The monoisotopic (exact) mass is 244 g/mol. The molecule has 3 nitrogen and oxygen atoms in total. The van der Waals surface area contributed by atoms with E-state index in [4.69, 9.17) is 0 Å². The minimum Gasteiger partial charge on any atom is -0.390 e. The second-order valence-corrected chi connectivity index (χ2v) is 4.70. The fraction of sp³-hybridized carbons (Fsp3) is 0.400. The van der Waals surface area contributed by atoms with Gasteiger partial charge in [-0.2, -0.15) is 0 Å². The number of fused-ring (bicyclic) bond motifs is 1. The average molecular weight is 244 g/mol. The molecule has 0 aliphatic carbocycles. The Kier molecular flexibility index (Phi) is 3.82. The van der Waals surface area contributed by atoms with Crippen LogP contribution in [-0.4, -0.2) is 22.7 Å². The van der Waals surface area contributed by atoms with Crippen LogP contribution in [0.5, 0.6) is 0 Å². The van der Waals surface area contributed by atoms with Crippen molar-refractivity contribution in [3.63, 3.8) is 0 Å². The largest absolute Gasteiger partial charge is 0.390 e. The molecule has 0 saturated carbocycles. The maximum atomic E-state index is 9.33. The number of rotatable bonds is 4. The zero-order chi connectivity index (χ0) is 13.1. The molecule has 1 heterocycles. The summed E-state index contributed by atoms with van der Waals surface area (Å²) in [6.45, 7) is 7.33. The van der Waals surface area contributed by atoms with Gasteiger partial charge in [0.1, 0.15) is 5.82 Å². The third kappa shape index (κ3) is 2.31. The highest BCUT2D eigenvalue weighted by Gasteiger charge is 2.14. The van der Waals surface area contributed by atoms with Crippen molar-refractivity contribution in [1.29, 1.82) is 0 Å². The third-order valence-electron chi connectivity index (χ3n) is 3.17. The lowest BCUT2D eigenvalue weighted by atomic mass is 10.1. The van der Waals surface area contributed by atoms with Crippen molar-refractivity contribution in [2.24, 2.45) is 0 Å². The van der Waals surface area contributed by atoms with E-state index in [1.165, 1.54) is 0 Å². The van der Waals surface area contributed by atoms with Crippen LogP contribution in [-0.2, 0) is 6.61 Å². The van der Waals surface area contributed by atoms with E-state index >= 15 is 0 Å². The van der Waals surface area contributed by atoms with E-state index in [2.05, 4.69) is 42.8 Å². The van der Waals surface area contributed by atoms with Crippen LogP contribution in [0.2, 0.25) is 0 Å². The van der Waals surface area contributed by atoms with Crippen LogP contribution in [0.15, 0.2) is 30.3 Å². The Morgan fingerprint density at radius 3 is 2.61 bits per heavy atom. The Hall–Kier alpha value is -1.61. The summed E-state index contributed by atoms with van der Waals surface area (Å²) in [6.07, 6.45) is 0. The number of hydrogen-bond acceptors (Lipinski definition) is 3. The van der Waals surface area contributed by atoms with Crippen molar-refractivity contribution >= 4 is 16.6 Å². The normalized spacial score (nSPS) is 11.2. The molecule has 1 aromatic heterocycles. The minimum absolute atomic E-state index is 0.0204. The van der Waals surface area contributed by atoms with Gasteiger partial charge in [-0.25, -0.2) is 4.98 Å². The molecule has 0 unspecified atom stereocenters. The molecule has 1 N–H and O–H groups in total. The molecule has 2 aromatic rings. The molecule has 0 spiro atoms. The fourth-order valence-electron chi connectivity index (χ4n) is 2.29. The lowest BCUT2D eigenvalue weighted by Gasteiger charge is -2.28. The predicted molar refractivity (Wildman–Crippen MR) is 75.8 cm³/mol. The van der Waals surface area contributed by atoms with Crippen LogP contribution < -0.4 is 4.90 Å². The number of nitrogens with zero attached hydrogens (tertiary/aromatic N) is 2. The smallest absolute Gasteiger partial charge is 0.137 e. The summed E-state index contributed by atoms with van der Waals surface area (Å²) in [4.78, 5) is 6.84. The van der Waals surface area contributed by atoms with Crippen LogP contribution in [0.25, 0.3) is 10.8 Å². The van der Waals surface area contributed by atoms with Gasteiger partial charge in [0.05, 0.1) is 12.3 Å². The summed E-state index contributed by atoms with van der Waals surface area (Å²) in [7, 11) is 0. The lowest BCUT2D eigenvalue weighted by molar-refractivity contribution is 0.277. The highest BCUT2D eigenvalue weighted by molar-refractivity contribution is 5.92. The summed E-state index contributed by atoms with van der Waals surface area (Å²) in [5.74, 6) is 0.967. The van der Waals surface area contributed by atoms with Gasteiger partial charge in [0.25, 0.3) is 0 Å². The molecule has 1 aromatic carbocycles. The minimum atomic E-state index is -0.0204. The van der Waals surface area contributed by atoms with Gasteiger partial charge in [-0.3, -0.25) is 0 Å². The quantitative estimate of drug-likeness (QED) is 0.898. The number of aliphatic hydroxyl groups excluding tert-OH is 1. The van der Waals surface area contributed by atoms with E-state index < -0.39 is 0 Å². The first-order valence-corrected chi connectivity index (χ1v) is 6.43. The third-order valence-corrected chi connectivity index (χ3v) is 3.17. The van der Waals surface area contributed by atoms with Crippen LogP contribution in [0.3, 0.4) is 0 Å². The summed E-state index contributed by atoms with van der Waals surface area (Å²) in [6, 6.07) is 10.5. The van der Waals surface area contributed by atoms with Gasteiger partial charge in [-0.1, -0.05) is 24.3 Å². The first-order chi connectivity index (χ1) is 8.67. The molecule has 0 atom stereocenters. The summed E-state index contributed by atoms with van der Waals surface area (Å²) < 4.78 is 0. The van der Waals surface area contributed by atoms with Crippen LogP contribution in [0.4, 0.5) is 5.82 Å². The first kappa shape index (κ1) is 12.8. The molecule has 3 heteroatoms. The maximum Gasteiger partial charge on any atom is 0.137 e. The fourth-order valence-corrected chi connectivity index (χ4v) is 2.29. The first-order valence-electron chi connectivity index (χ1n) is 6.43. The molecule has 0 saturated heterocycles. The molecule has 0 radical (unpaired) electrons. The second-order valence-electron chi connectivity index (χ2n) is 4.70. The van der Waals surface area contributed by atoms with Gasteiger partial charge in [0, 0.05) is 18.0 Å². The number of anilines is 1. The van der Waals surface area contributed by atoms with Gasteiger partial charge in [-0.15, -0.1) is 0 Å². The van der Waals surface area contributed by atoms with Gasteiger partial charge in [0.15, 0.2) is 0 Å². The molecule has 18 heavy (non-hydrogen) atoms. The highest BCUT2D eigenvalue weighted by Crippen LogP contribution is 2.27. The number of aromatic nitrogens is 1. The summed E-state index contributed by atoms with van der Waals surface area (Å²) >= 11 is 0. The van der Waals surface area contributed by atoms with Crippen molar-refractivity contribution < 1.29 is 5.11 Å². The van der Waals surface area contributed by atoms with Gasteiger partial charge in [-0.05, 0) is 32.2 Å². The maximum absolute atomic E-state index is 9.33. The van der Waals surface area contributed by atoms with E-state index in [9.17, 15) is 5.11 Å². The van der Waals surface area contributed by atoms with Crippen molar-refractivity contribution in [1.82, 2.24) is 4.98 Å². The van der Waals surface area contributed by atoms with E-state index in [0.717, 1.165) is 28.8 Å². The average Bonchev–Trinajstić information content (AvgIpc) is 2.38. The Balaban J connectivity index is 2.66. The molecular weight excluding hydrogens is 224 g/mol. The Bertz CT molecular complexity index is 537. The van der Waals surface area contributed by atoms with E-state index in [-0.39, 0.29) is 6.61 Å². The Labute approximate surface area is 108 Å². The molecule has 2 rings (SSSR count). The molecule has 0 amide bonds. The van der Waals surface area contributed by atoms with Crippen molar-refractivity contribution in [2.75, 3.05) is 11.4 Å². The van der Waals surface area contributed by atoms with Crippen LogP contribution in [0, 0.1) is 0 Å². The van der Waals surface area contributed by atoms with E-state index in [1.807, 2.05) is 18.2 Å². The Morgan fingerprint density at radius 2 is 2.00 bits per heavy atom. The highest BCUT2D eigenvalue weighted by atomic mass is 16.3. The topological polar surface area (TPSA) is 36.4 Å². The zero-order valence-electron chi connectivity index (χ0n) is 11.2. The lowest BCUT2D eigenvalue weighted by Crippen LogP contribution is -2.31. The summed E-state index contributed by atoms with van der Waals surface area (Å²) in [5, 5.41) is 11.6. The second kappa shape index (κ2) is 5.36. The van der Waals surface area contributed by atoms with Crippen LogP contribution >= 0.6 is 0 Å². The number of benzene rings is 1. The summed E-state index contributed by atoms with van der Waals surface area (Å²) in [5.41, 5.74) is 0.725. The van der Waals surface area contributed by atoms with E-state index in [0.29, 0.717) is 6.04 Å². The molecule has 96 valence electrons. The number of hydrogen-bond donors (Lipinski definition) is 1. The SMILES string of the molecule is CCN(c1nc(CO)cc2ccccc12)C(C)C.